The van der Waals surface area contributed by atoms with E-state index < -0.39 is 0 Å². The molecular formula is C22H24N2O2. The molecule has 1 fully saturated rings. The average Bonchev–Trinajstić information content (AvgIpc) is 3.28. The number of carbonyl (C=O) groups excluding carboxylic acids is 2. The molecule has 0 N–H and O–H groups in total. The maximum absolute atomic E-state index is 12.8. The highest BCUT2D eigenvalue weighted by Crippen LogP contribution is 2.35. The molecule has 1 aliphatic carbocycles. The third-order valence-corrected chi connectivity index (χ3v) is 5.64. The first-order valence-corrected chi connectivity index (χ1v) is 9.36. The lowest BCUT2D eigenvalue weighted by molar-refractivity contribution is -0.131. The first-order valence-electron chi connectivity index (χ1n) is 9.36. The summed E-state index contributed by atoms with van der Waals surface area (Å²) in [5.74, 6) is 0.324. The molecule has 0 saturated carbocycles. The minimum Gasteiger partial charge on any atom is -0.338 e. The second kappa shape index (κ2) is 6.94. The van der Waals surface area contributed by atoms with Gasteiger partial charge in [0, 0.05) is 25.7 Å². The van der Waals surface area contributed by atoms with E-state index in [1.54, 1.807) is 0 Å². The molecule has 4 nitrogen and oxygen atoms in total. The predicted molar refractivity (Wildman–Crippen MR) is 102 cm³/mol. The van der Waals surface area contributed by atoms with E-state index in [1.807, 2.05) is 47.2 Å². The van der Waals surface area contributed by atoms with Crippen LogP contribution in [-0.2, 0) is 22.4 Å². The van der Waals surface area contributed by atoms with E-state index in [0.717, 1.165) is 37.1 Å². The number of carbonyl (C=O) groups is 2. The maximum Gasteiger partial charge on any atom is 0.227 e. The lowest BCUT2D eigenvalue weighted by atomic mass is 10.1. The van der Waals surface area contributed by atoms with Crippen molar-refractivity contribution in [2.75, 3.05) is 18.5 Å². The van der Waals surface area contributed by atoms with Gasteiger partial charge in [0.1, 0.15) is 0 Å². The van der Waals surface area contributed by atoms with E-state index in [4.69, 9.17) is 0 Å². The number of nitrogens with zero attached hydrogens (tertiary/aromatic N) is 2. The molecule has 2 aromatic carbocycles. The zero-order valence-electron chi connectivity index (χ0n) is 15.1. The van der Waals surface area contributed by atoms with Gasteiger partial charge in [0.15, 0.2) is 0 Å². The Bertz CT molecular complexity index is 828. The van der Waals surface area contributed by atoms with E-state index in [-0.39, 0.29) is 17.9 Å². The van der Waals surface area contributed by atoms with Gasteiger partial charge in [-0.25, -0.2) is 0 Å². The number of aryl methyl sites for hydroxylation is 1. The number of anilines is 1. The molecule has 2 aliphatic rings. The fourth-order valence-electron chi connectivity index (χ4n) is 4.12. The minimum absolute atomic E-state index is 0.136. The summed E-state index contributed by atoms with van der Waals surface area (Å²) in [6.45, 7) is 0.793. The molecule has 1 atom stereocenters. The summed E-state index contributed by atoms with van der Waals surface area (Å²) in [4.78, 5) is 28.3. The maximum atomic E-state index is 12.8. The molecule has 0 radical (unpaired) electrons. The van der Waals surface area contributed by atoms with Crippen LogP contribution in [0.25, 0.3) is 0 Å². The van der Waals surface area contributed by atoms with E-state index in [2.05, 4.69) is 18.2 Å². The van der Waals surface area contributed by atoms with E-state index >= 15 is 0 Å². The molecule has 134 valence electrons. The Morgan fingerprint density at radius 2 is 1.88 bits per heavy atom. The molecule has 0 bridgehead atoms. The molecule has 26 heavy (non-hydrogen) atoms. The fraction of sp³-hybridized carbons (Fsp3) is 0.364. The van der Waals surface area contributed by atoms with Crippen LogP contribution < -0.4 is 4.90 Å². The summed E-state index contributed by atoms with van der Waals surface area (Å²) in [5.41, 5.74) is 4.56. The first-order chi connectivity index (χ1) is 12.6. The zero-order chi connectivity index (χ0) is 18.1. The van der Waals surface area contributed by atoms with Gasteiger partial charge in [0.05, 0.1) is 12.5 Å². The van der Waals surface area contributed by atoms with Crippen molar-refractivity contribution in [1.82, 2.24) is 4.90 Å². The van der Waals surface area contributed by atoms with Gasteiger partial charge in [-0.15, -0.1) is 0 Å². The molecule has 2 amide bonds. The molecular weight excluding hydrogens is 324 g/mol. The van der Waals surface area contributed by atoms with Crippen LogP contribution in [0, 0.1) is 0 Å². The normalized spacial score (nSPS) is 18.9. The second-order valence-corrected chi connectivity index (χ2v) is 7.25. The lowest BCUT2D eigenvalue weighted by Crippen LogP contribution is -2.31. The Kier molecular flexibility index (Phi) is 4.49. The number of benzene rings is 2. The Hall–Kier alpha value is -2.62. The van der Waals surface area contributed by atoms with E-state index in [0.29, 0.717) is 12.8 Å². The molecule has 1 aliphatic heterocycles. The number of hydrogen-bond donors (Lipinski definition) is 0. The van der Waals surface area contributed by atoms with Crippen LogP contribution in [0.5, 0.6) is 0 Å². The lowest BCUT2D eigenvalue weighted by Gasteiger charge is -2.25. The fourth-order valence-corrected chi connectivity index (χ4v) is 4.12. The van der Waals surface area contributed by atoms with Crippen LogP contribution in [-0.4, -0.2) is 30.3 Å². The van der Waals surface area contributed by atoms with Crippen molar-refractivity contribution in [3.8, 4) is 0 Å². The highest BCUT2D eigenvalue weighted by Gasteiger charge is 2.28. The molecule has 4 heteroatoms. The van der Waals surface area contributed by atoms with Gasteiger partial charge >= 0.3 is 0 Å². The van der Waals surface area contributed by atoms with Crippen molar-refractivity contribution in [2.45, 2.75) is 38.1 Å². The topological polar surface area (TPSA) is 40.6 Å². The number of fused-ring (bicyclic) bond motifs is 1. The van der Waals surface area contributed by atoms with Gasteiger partial charge in [-0.2, -0.15) is 0 Å². The largest absolute Gasteiger partial charge is 0.338 e. The summed E-state index contributed by atoms with van der Waals surface area (Å²) >= 11 is 0. The molecule has 0 unspecified atom stereocenters. The number of hydrogen-bond acceptors (Lipinski definition) is 2. The van der Waals surface area contributed by atoms with E-state index in [1.165, 1.54) is 11.1 Å². The number of amides is 2. The van der Waals surface area contributed by atoms with Crippen molar-refractivity contribution in [3.63, 3.8) is 0 Å². The Morgan fingerprint density at radius 1 is 1.12 bits per heavy atom. The summed E-state index contributed by atoms with van der Waals surface area (Å²) in [6.07, 6.45) is 3.98. The van der Waals surface area contributed by atoms with Gasteiger partial charge in [0.2, 0.25) is 11.8 Å². The quantitative estimate of drug-likeness (QED) is 0.848. The van der Waals surface area contributed by atoms with E-state index in [9.17, 15) is 9.59 Å². The smallest absolute Gasteiger partial charge is 0.227 e. The van der Waals surface area contributed by atoms with Crippen molar-refractivity contribution in [1.29, 1.82) is 0 Å². The van der Waals surface area contributed by atoms with Gasteiger partial charge in [-0.1, -0.05) is 36.4 Å². The minimum atomic E-state index is 0.136. The first kappa shape index (κ1) is 16.8. The molecule has 0 aromatic heterocycles. The summed E-state index contributed by atoms with van der Waals surface area (Å²) in [5, 5.41) is 0. The average molecular weight is 348 g/mol. The monoisotopic (exact) mass is 348 g/mol. The third-order valence-electron chi connectivity index (χ3n) is 5.64. The van der Waals surface area contributed by atoms with Crippen molar-refractivity contribution >= 4 is 17.5 Å². The van der Waals surface area contributed by atoms with Gasteiger partial charge in [0.25, 0.3) is 0 Å². The molecule has 0 spiro atoms. The van der Waals surface area contributed by atoms with Crippen molar-refractivity contribution in [3.05, 3.63) is 65.2 Å². The van der Waals surface area contributed by atoms with Gasteiger partial charge in [-0.3, -0.25) is 9.59 Å². The molecule has 1 heterocycles. The Morgan fingerprint density at radius 3 is 2.62 bits per heavy atom. The standard InChI is InChI=1S/C22H24N2O2/c1-23(20-13-10-17-5-2-3-6-19(17)20)22(26)15-16-8-11-18(12-9-16)24-14-4-7-21(24)25/h2-3,5-6,8-9,11-12,20H,4,7,10,13-15H2,1H3/t20-/m1/s1. The third kappa shape index (κ3) is 3.12. The summed E-state index contributed by atoms with van der Waals surface area (Å²) < 4.78 is 0. The zero-order valence-corrected chi connectivity index (χ0v) is 15.1. The Balaban J connectivity index is 1.42. The van der Waals surface area contributed by atoms with Crippen LogP contribution in [0.1, 0.15) is 42.0 Å². The molecule has 4 rings (SSSR count). The predicted octanol–water partition coefficient (Wildman–Crippen LogP) is 3.50. The number of likely N-dealkylation sites (N-methyl/N-ethyl adjacent to an activating group) is 1. The van der Waals surface area contributed by atoms with Crippen LogP contribution in [0.4, 0.5) is 5.69 Å². The Labute approximate surface area is 154 Å². The molecule has 1 saturated heterocycles. The van der Waals surface area contributed by atoms with Crippen LogP contribution >= 0.6 is 0 Å². The highest BCUT2D eigenvalue weighted by molar-refractivity contribution is 5.95. The summed E-state index contributed by atoms with van der Waals surface area (Å²) in [6, 6.07) is 16.4. The highest BCUT2D eigenvalue weighted by atomic mass is 16.2. The summed E-state index contributed by atoms with van der Waals surface area (Å²) in [7, 11) is 1.91. The van der Waals surface area contributed by atoms with Gasteiger partial charge < -0.3 is 9.80 Å². The van der Waals surface area contributed by atoms with Crippen molar-refractivity contribution in [2.24, 2.45) is 0 Å². The van der Waals surface area contributed by atoms with Crippen molar-refractivity contribution < 1.29 is 9.59 Å². The second-order valence-electron chi connectivity index (χ2n) is 7.25. The van der Waals surface area contributed by atoms with Gasteiger partial charge in [-0.05, 0) is 48.1 Å². The number of rotatable bonds is 4. The van der Waals surface area contributed by atoms with Crippen LogP contribution in [0.2, 0.25) is 0 Å². The van der Waals surface area contributed by atoms with Crippen LogP contribution in [0.15, 0.2) is 48.5 Å². The van der Waals surface area contributed by atoms with Crippen LogP contribution in [0.3, 0.4) is 0 Å². The molecule has 2 aromatic rings. The SMILES string of the molecule is CN(C(=O)Cc1ccc(N2CCCC2=O)cc1)[C@@H]1CCc2ccccc21.